The Bertz CT molecular complexity index is 1370. The Morgan fingerprint density at radius 2 is 1.95 bits per heavy atom. The van der Waals surface area contributed by atoms with Crippen LogP contribution in [0.15, 0.2) is 42.6 Å². The van der Waals surface area contributed by atoms with Crippen LogP contribution in [0.5, 0.6) is 0 Å². The molecule has 39 heavy (non-hydrogen) atoms. The molecule has 9 N–H and O–H groups in total. The maximum Gasteiger partial charge on any atom is 0.562 e. The Balaban J connectivity index is 1.55. The van der Waals surface area contributed by atoms with Gasteiger partial charge in [-0.15, -0.1) is 4.67 Å². The lowest BCUT2D eigenvalue weighted by Crippen LogP contribution is -2.46. The van der Waals surface area contributed by atoms with Gasteiger partial charge in [-0.05, 0) is 25.5 Å². The van der Waals surface area contributed by atoms with Gasteiger partial charge < -0.3 is 46.3 Å². The molecule has 0 bridgehead atoms. The van der Waals surface area contributed by atoms with Crippen LogP contribution in [-0.4, -0.2) is 66.0 Å². The molecule has 1 aromatic carbocycles. The van der Waals surface area contributed by atoms with Crippen molar-refractivity contribution >= 4 is 36.6 Å². The normalized spacial score (nSPS) is 26.3. The molecule has 3 heterocycles. The Labute approximate surface area is 221 Å². The summed E-state index contributed by atoms with van der Waals surface area (Å²) in [5, 5.41) is 33.1. The molecule has 2 aromatic heterocycles. The molecular weight excluding hydrogens is 539 g/mol. The second-order valence-corrected chi connectivity index (χ2v) is 10.5. The molecule has 1 fully saturated rings. The number of phosphoric acid groups is 1. The highest BCUT2D eigenvalue weighted by atomic mass is 31.2. The van der Waals surface area contributed by atoms with E-state index in [0.29, 0.717) is 10.9 Å². The number of aromatic nitrogens is 3. The molecule has 4 rings (SSSR count). The molecular formula is C22H29N6O10P. The fraction of sp³-hybridized carbons (Fsp3) is 0.409. The number of carbonyl (C=O) groups is 1. The number of hydrogen-bond acceptors (Lipinski definition) is 15. The number of ether oxygens (including phenoxy) is 1. The Kier molecular flexibility index (Phi) is 8.22. The number of fused-ring (bicyclic) bond motifs is 1. The molecule has 7 atom stereocenters. The number of rotatable bonds is 10. The number of carbonyl (C=O) groups excluding carboxylic acids is 1. The van der Waals surface area contributed by atoms with E-state index in [1.807, 2.05) is 0 Å². The number of anilines is 2. The maximum atomic E-state index is 13.2. The van der Waals surface area contributed by atoms with Crippen molar-refractivity contribution in [2.45, 2.75) is 56.8 Å². The van der Waals surface area contributed by atoms with E-state index in [2.05, 4.69) is 9.97 Å². The van der Waals surface area contributed by atoms with Gasteiger partial charge in [0.15, 0.2) is 12.5 Å². The number of benzene rings is 1. The van der Waals surface area contributed by atoms with Crippen molar-refractivity contribution in [3.05, 3.63) is 48.2 Å². The number of nitrogens with zero attached hydrogens (tertiary/aromatic N) is 3. The van der Waals surface area contributed by atoms with E-state index in [1.54, 1.807) is 30.3 Å². The number of aliphatic hydroxyl groups is 3. The van der Waals surface area contributed by atoms with Gasteiger partial charge in [0.2, 0.25) is 5.95 Å². The van der Waals surface area contributed by atoms with Crippen LogP contribution in [0.3, 0.4) is 0 Å². The lowest BCUT2D eigenvalue weighted by atomic mass is 9.96. The first-order valence-electron chi connectivity index (χ1n) is 11.6. The third-order valence-electron chi connectivity index (χ3n) is 5.87. The molecule has 16 nitrogen and oxygen atoms in total. The summed E-state index contributed by atoms with van der Waals surface area (Å²) in [6.07, 6.45) is -5.75. The quantitative estimate of drug-likeness (QED) is 0.0820. The summed E-state index contributed by atoms with van der Waals surface area (Å²) in [6, 6.07) is 8.87. The largest absolute Gasteiger partial charge is 0.562 e. The lowest BCUT2D eigenvalue weighted by molar-refractivity contribution is -0.250. The van der Waals surface area contributed by atoms with E-state index in [1.165, 1.54) is 30.7 Å². The molecule has 3 aromatic rings. The Hall–Kier alpha value is -3.18. The summed E-state index contributed by atoms with van der Waals surface area (Å²) in [5.74, 6) is -1.28. The smallest absolute Gasteiger partial charge is 0.387 e. The highest BCUT2D eigenvalue weighted by Crippen LogP contribution is 2.53. The zero-order chi connectivity index (χ0) is 28.5. The van der Waals surface area contributed by atoms with Crippen molar-refractivity contribution in [3.63, 3.8) is 0 Å². The fourth-order valence-electron chi connectivity index (χ4n) is 3.85. The number of aliphatic hydroxyl groups excluding tert-OH is 2. The fourth-order valence-corrected chi connectivity index (χ4v) is 4.91. The summed E-state index contributed by atoms with van der Waals surface area (Å²) in [4.78, 5) is 25.0. The Morgan fingerprint density at radius 3 is 2.62 bits per heavy atom. The first kappa shape index (κ1) is 28.8. The van der Waals surface area contributed by atoms with Crippen molar-refractivity contribution in [1.29, 1.82) is 0 Å². The predicted molar refractivity (Wildman–Crippen MR) is 134 cm³/mol. The minimum absolute atomic E-state index is 0.0684. The summed E-state index contributed by atoms with van der Waals surface area (Å²) >= 11 is 0. The molecule has 212 valence electrons. The van der Waals surface area contributed by atoms with Gasteiger partial charge in [0.25, 0.3) is 0 Å². The number of phosphoric ester groups is 1. The van der Waals surface area contributed by atoms with Gasteiger partial charge in [0, 0.05) is 6.20 Å². The summed E-state index contributed by atoms with van der Waals surface area (Å²) in [6.45, 7) is 2.25. The van der Waals surface area contributed by atoms with E-state index in [-0.39, 0.29) is 24.0 Å². The maximum absolute atomic E-state index is 13.2. The molecule has 1 saturated heterocycles. The van der Waals surface area contributed by atoms with Crippen LogP contribution in [0.4, 0.5) is 11.8 Å². The molecule has 2 unspecified atom stereocenters. The lowest BCUT2D eigenvalue weighted by Gasteiger charge is -2.28. The standard InChI is InChI=1S/C22H29N6O10P/c1-11(23)18(30)36-39(33,38-34-10-12-6-4-3-5-7-12)37-19(31)14-15(29)22(2,32)20(35-14)28-9-8-13-16(24)26-21(25)27-17(13)28/h3-9,11,14-15,19-20,29,31-32H,10,23H2,1-2H3,(H4,24,25,26,27)/t11-,14-,15+,19?,20+,22+,39?/m0/s1. The summed E-state index contributed by atoms with van der Waals surface area (Å²) < 4.78 is 34.8. The van der Waals surface area contributed by atoms with E-state index in [0.717, 1.165) is 0 Å². The van der Waals surface area contributed by atoms with Crippen LogP contribution in [0.2, 0.25) is 0 Å². The van der Waals surface area contributed by atoms with E-state index >= 15 is 0 Å². The molecule has 1 aliphatic rings. The minimum atomic E-state index is -5.01. The van der Waals surface area contributed by atoms with Gasteiger partial charge in [-0.1, -0.05) is 30.3 Å². The van der Waals surface area contributed by atoms with Crippen molar-refractivity contribution in [2.75, 3.05) is 11.5 Å². The van der Waals surface area contributed by atoms with Gasteiger partial charge in [-0.3, -0.25) is 0 Å². The van der Waals surface area contributed by atoms with Crippen molar-refractivity contribution < 1.29 is 48.0 Å². The molecule has 0 radical (unpaired) electrons. The average molecular weight is 568 g/mol. The molecule has 17 heteroatoms. The highest BCUT2D eigenvalue weighted by molar-refractivity contribution is 7.49. The van der Waals surface area contributed by atoms with Gasteiger partial charge in [0.1, 0.15) is 41.9 Å². The number of hydrogen-bond donors (Lipinski definition) is 6. The second kappa shape index (κ2) is 11.1. The molecule has 1 aliphatic heterocycles. The Morgan fingerprint density at radius 1 is 1.26 bits per heavy atom. The zero-order valence-corrected chi connectivity index (χ0v) is 21.8. The highest BCUT2D eigenvalue weighted by Gasteiger charge is 2.57. The summed E-state index contributed by atoms with van der Waals surface area (Å²) in [5.41, 5.74) is 15.8. The van der Waals surface area contributed by atoms with Crippen LogP contribution in [0.1, 0.15) is 25.6 Å². The third kappa shape index (κ3) is 6.04. The van der Waals surface area contributed by atoms with Gasteiger partial charge >= 0.3 is 13.8 Å². The van der Waals surface area contributed by atoms with E-state index in [9.17, 15) is 24.7 Å². The second-order valence-electron chi connectivity index (χ2n) is 9.02. The SMILES string of the molecule is C[C@H](N)C(=O)OP(=O)(OOCc1ccccc1)OC(O)[C@H]1O[C@@H](n2ccc3c(N)nc(N)nc32)[C@](C)(O)[C@@H]1O. The van der Waals surface area contributed by atoms with Gasteiger partial charge in [-0.25, -0.2) is 18.8 Å². The minimum Gasteiger partial charge on any atom is -0.387 e. The van der Waals surface area contributed by atoms with Crippen LogP contribution >= 0.6 is 7.82 Å². The number of nitrogens with two attached hydrogens (primary N) is 3. The van der Waals surface area contributed by atoms with Crippen LogP contribution < -0.4 is 17.2 Å². The van der Waals surface area contributed by atoms with Crippen molar-refractivity contribution in [1.82, 2.24) is 14.5 Å². The summed E-state index contributed by atoms with van der Waals surface area (Å²) in [7, 11) is -5.01. The first-order valence-corrected chi connectivity index (χ1v) is 13.0. The molecule has 0 aliphatic carbocycles. The van der Waals surface area contributed by atoms with E-state index < -0.39 is 50.2 Å². The zero-order valence-electron chi connectivity index (χ0n) is 20.9. The molecule has 0 amide bonds. The topological polar surface area (TPSA) is 250 Å². The first-order chi connectivity index (χ1) is 18.3. The van der Waals surface area contributed by atoms with Crippen molar-refractivity contribution in [2.24, 2.45) is 5.73 Å². The number of nitrogen functional groups attached to an aromatic ring is 2. The van der Waals surface area contributed by atoms with Crippen LogP contribution in [0.25, 0.3) is 11.0 Å². The van der Waals surface area contributed by atoms with Crippen molar-refractivity contribution in [3.8, 4) is 0 Å². The monoisotopic (exact) mass is 568 g/mol. The van der Waals surface area contributed by atoms with Crippen LogP contribution in [0, 0.1) is 0 Å². The third-order valence-corrected chi connectivity index (χ3v) is 7.04. The molecule has 0 spiro atoms. The van der Waals surface area contributed by atoms with Gasteiger partial charge in [-0.2, -0.15) is 9.97 Å². The van der Waals surface area contributed by atoms with Crippen LogP contribution in [-0.2, 0) is 39.3 Å². The predicted octanol–water partition coefficient (Wildman–Crippen LogP) is 0.0869. The van der Waals surface area contributed by atoms with E-state index in [4.69, 9.17) is 40.5 Å². The molecule has 0 saturated carbocycles. The average Bonchev–Trinajstić information content (AvgIpc) is 3.37. The van der Waals surface area contributed by atoms with Gasteiger partial charge in [0.05, 0.1) is 5.39 Å².